The maximum atomic E-state index is 13.2. The molecule has 188 valence electrons. The van der Waals surface area contributed by atoms with Crippen molar-refractivity contribution in [3.8, 4) is 28.1 Å². The molecular weight excluding hydrogens is 555 g/mol. The largest absolute Gasteiger partial charge is 0.316 e. The predicted molar refractivity (Wildman–Crippen MR) is 144 cm³/mol. The topological polar surface area (TPSA) is 93.0 Å². The zero-order chi connectivity index (χ0) is 26.6. The number of carbonyl (C=O) groups is 1. The summed E-state index contributed by atoms with van der Waals surface area (Å²) < 4.78 is 24.9. The van der Waals surface area contributed by atoms with Crippen LogP contribution in [0.4, 0.5) is 5.69 Å². The molecule has 37 heavy (non-hydrogen) atoms. The highest BCUT2D eigenvalue weighted by atomic mass is 35.5. The van der Waals surface area contributed by atoms with Gasteiger partial charge in [0.1, 0.15) is 0 Å². The van der Waals surface area contributed by atoms with Gasteiger partial charge in [-0.3, -0.25) is 10.2 Å². The molecule has 1 aliphatic heterocycles. The molecule has 1 saturated heterocycles. The summed E-state index contributed by atoms with van der Waals surface area (Å²) >= 11 is 13.9. The minimum absolute atomic E-state index is 0.0162. The average molecular weight is 573 g/mol. The van der Waals surface area contributed by atoms with Crippen LogP contribution < -0.4 is 5.43 Å². The van der Waals surface area contributed by atoms with Crippen LogP contribution in [0.15, 0.2) is 30.3 Å². The number of hydrazine groups is 1. The molecule has 1 fully saturated rings. The lowest BCUT2D eigenvalue weighted by molar-refractivity contribution is 0.0797. The molecule has 0 atom stereocenters. The number of sulfone groups is 1. The third kappa shape index (κ3) is 6.14. The molecule has 3 heterocycles. The molecule has 4 rings (SSSR count). The van der Waals surface area contributed by atoms with E-state index in [1.165, 1.54) is 27.1 Å². The van der Waals surface area contributed by atoms with Crippen LogP contribution >= 0.6 is 34.5 Å². The molecule has 0 saturated carbocycles. The smallest absolute Gasteiger partial charge is 0.275 e. The normalized spacial score (nSPS) is 14.7. The van der Waals surface area contributed by atoms with E-state index >= 15 is 0 Å². The standard InChI is InChI=1S/C24H18Cl2N6O3S2/c1-27-10-4-3-5-17-7-9-20(36-17)23-21(28-2)22(24(33)30-31-11-13-37(34,35)14-12-31)29-32(23)19-8-6-16(25)15-18(19)26/h6-9,15H,4,10-14H2,(H,30,33). The van der Waals surface area contributed by atoms with Crippen LogP contribution in [0.5, 0.6) is 0 Å². The van der Waals surface area contributed by atoms with Crippen molar-refractivity contribution in [2.24, 2.45) is 0 Å². The fourth-order valence-electron chi connectivity index (χ4n) is 3.53. The second-order valence-electron chi connectivity index (χ2n) is 7.84. The van der Waals surface area contributed by atoms with Gasteiger partial charge < -0.3 is 4.85 Å². The molecule has 0 unspecified atom stereocenters. The Morgan fingerprint density at radius 1 is 1.19 bits per heavy atom. The van der Waals surface area contributed by atoms with Crippen LogP contribution in [0, 0.1) is 25.0 Å². The molecule has 1 N–H and O–H groups in total. The van der Waals surface area contributed by atoms with E-state index in [4.69, 9.17) is 36.3 Å². The van der Waals surface area contributed by atoms with Crippen molar-refractivity contribution in [2.45, 2.75) is 6.42 Å². The number of nitrogens with zero attached hydrogens (tertiary/aromatic N) is 5. The first-order valence-corrected chi connectivity index (χ1v) is 14.3. The Balaban J connectivity index is 1.77. The Hall–Kier alpha value is -3.37. The third-order valence-corrected chi connectivity index (χ3v) is 8.48. The van der Waals surface area contributed by atoms with Crippen LogP contribution in [-0.4, -0.2) is 60.3 Å². The summed E-state index contributed by atoms with van der Waals surface area (Å²) in [6.45, 7) is 15.3. The molecule has 9 nitrogen and oxygen atoms in total. The first-order valence-electron chi connectivity index (χ1n) is 10.9. The van der Waals surface area contributed by atoms with Crippen LogP contribution in [-0.2, 0) is 9.84 Å². The van der Waals surface area contributed by atoms with Gasteiger partial charge in [-0.25, -0.2) is 29.5 Å². The Kier molecular flexibility index (Phi) is 8.19. The number of aromatic nitrogens is 2. The van der Waals surface area contributed by atoms with E-state index in [-0.39, 0.29) is 41.0 Å². The molecule has 2 aromatic heterocycles. The number of amides is 1. The van der Waals surface area contributed by atoms with Gasteiger partial charge >= 0.3 is 0 Å². The summed E-state index contributed by atoms with van der Waals surface area (Å²) in [4.78, 5) is 21.5. The molecule has 1 amide bonds. The van der Waals surface area contributed by atoms with E-state index in [2.05, 4.69) is 32.1 Å². The second-order valence-corrected chi connectivity index (χ2v) is 12.1. The number of thiophene rings is 1. The second kappa shape index (κ2) is 11.4. The SMILES string of the molecule is [C-]#[N+]CCC#Cc1ccc(-c2c([N+]#[C-])c(C(=O)NN3CCS(=O)(=O)CC3)nn2-c2ccc(Cl)cc2Cl)s1. The lowest BCUT2D eigenvalue weighted by Crippen LogP contribution is -2.50. The first-order chi connectivity index (χ1) is 17.7. The highest BCUT2D eigenvalue weighted by molar-refractivity contribution is 7.91. The van der Waals surface area contributed by atoms with Gasteiger partial charge in [-0.15, -0.1) is 11.3 Å². The van der Waals surface area contributed by atoms with Crippen LogP contribution in [0.2, 0.25) is 10.0 Å². The van der Waals surface area contributed by atoms with Crippen molar-refractivity contribution in [3.63, 3.8) is 0 Å². The third-order valence-electron chi connectivity index (χ3n) is 5.33. The molecule has 0 radical (unpaired) electrons. The summed E-state index contributed by atoms with van der Waals surface area (Å²) in [7, 11) is -3.13. The fourth-order valence-corrected chi connectivity index (χ4v) is 6.13. The van der Waals surface area contributed by atoms with Crippen LogP contribution in [0.3, 0.4) is 0 Å². The Morgan fingerprint density at radius 3 is 2.62 bits per heavy atom. The molecule has 3 aromatic rings. The Bertz CT molecular complexity index is 1610. The molecule has 0 bridgehead atoms. The lowest BCUT2D eigenvalue weighted by atomic mass is 10.2. The number of nitrogens with one attached hydrogen (secondary N) is 1. The van der Waals surface area contributed by atoms with E-state index in [1.807, 2.05) is 0 Å². The molecular formula is C24H18Cl2N6O3S2. The number of halogens is 2. The Morgan fingerprint density at radius 2 is 1.95 bits per heavy atom. The lowest BCUT2D eigenvalue weighted by Gasteiger charge is -2.26. The number of hydrogen-bond acceptors (Lipinski definition) is 6. The van der Waals surface area contributed by atoms with E-state index in [0.717, 1.165) is 4.88 Å². The molecule has 0 spiro atoms. The van der Waals surface area contributed by atoms with Gasteiger partial charge in [0.05, 0.1) is 45.8 Å². The van der Waals surface area contributed by atoms with Gasteiger partial charge in [0.15, 0.2) is 15.5 Å². The summed E-state index contributed by atoms with van der Waals surface area (Å²) in [5.41, 5.74) is 3.36. The van der Waals surface area contributed by atoms with Crippen molar-refractivity contribution in [2.75, 3.05) is 31.1 Å². The van der Waals surface area contributed by atoms with Crippen molar-refractivity contribution < 1.29 is 13.2 Å². The van der Waals surface area contributed by atoms with Gasteiger partial charge in [-0.1, -0.05) is 35.0 Å². The first kappa shape index (κ1) is 26.7. The summed E-state index contributed by atoms with van der Waals surface area (Å²) in [6.07, 6.45) is 0.449. The summed E-state index contributed by atoms with van der Waals surface area (Å²) in [5, 5.41) is 6.66. The van der Waals surface area contributed by atoms with E-state index < -0.39 is 15.7 Å². The highest BCUT2D eigenvalue weighted by Gasteiger charge is 2.29. The number of benzene rings is 1. The minimum Gasteiger partial charge on any atom is -0.316 e. The molecule has 1 aromatic carbocycles. The number of hydrogen-bond donors (Lipinski definition) is 1. The zero-order valence-electron chi connectivity index (χ0n) is 19.2. The predicted octanol–water partition coefficient (Wildman–Crippen LogP) is 4.49. The highest BCUT2D eigenvalue weighted by Crippen LogP contribution is 2.40. The van der Waals surface area contributed by atoms with E-state index in [0.29, 0.717) is 34.2 Å². The van der Waals surface area contributed by atoms with Crippen molar-refractivity contribution in [1.29, 1.82) is 0 Å². The summed E-state index contributed by atoms with van der Waals surface area (Å²) in [5.74, 6) is 5.19. The Labute approximate surface area is 228 Å². The van der Waals surface area contributed by atoms with Crippen LogP contribution in [0.1, 0.15) is 21.8 Å². The van der Waals surface area contributed by atoms with Gasteiger partial charge in [-0.05, 0) is 30.3 Å². The van der Waals surface area contributed by atoms with E-state index in [9.17, 15) is 13.2 Å². The minimum atomic E-state index is -3.13. The van der Waals surface area contributed by atoms with Crippen molar-refractivity contribution >= 4 is 56.0 Å². The van der Waals surface area contributed by atoms with Crippen molar-refractivity contribution in [1.82, 2.24) is 20.2 Å². The molecule has 13 heteroatoms. The van der Waals surface area contributed by atoms with Crippen molar-refractivity contribution in [3.05, 3.63) is 73.8 Å². The quantitative estimate of drug-likeness (QED) is 0.276. The fraction of sp³-hybridized carbons (Fsp3) is 0.250. The molecule has 0 aliphatic carbocycles. The number of carbonyl (C=O) groups excluding carboxylic acids is 1. The number of rotatable bonds is 5. The maximum absolute atomic E-state index is 13.2. The average Bonchev–Trinajstić information content (AvgIpc) is 3.47. The van der Waals surface area contributed by atoms with Gasteiger partial charge in [0.2, 0.25) is 12.2 Å². The van der Waals surface area contributed by atoms with E-state index in [1.54, 1.807) is 24.3 Å². The molecule has 1 aliphatic rings. The van der Waals surface area contributed by atoms with Gasteiger partial charge in [0, 0.05) is 23.0 Å². The van der Waals surface area contributed by atoms with Gasteiger partial charge in [-0.2, -0.15) is 5.10 Å². The zero-order valence-corrected chi connectivity index (χ0v) is 22.3. The van der Waals surface area contributed by atoms with Crippen LogP contribution in [0.25, 0.3) is 25.9 Å². The monoisotopic (exact) mass is 572 g/mol. The maximum Gasteiger partial charge on any atom is 0.275 e. The van der Waals surface area contributed by atoms with Gasteiger partial charge in [0.25, 0.3) is 5.91 Å². The summed E-state index contributed by atoms with van der Waals surface area (Å²) in [6, 6.07) is 8.39.